The summed E-state index contributed by atoms with van der Waals surface area (Å²) in [6.45, 7) is 9.08. The van der Waals surface area contributed by atoms with Gasteiger partial charge in [0, 0.05) is 11.4 Å². The van der Waals surface area contributed by atoms with Gasteiger partial charge < -0.3 is 25.7 Å². The molecule has 4 N–H and O–H groups in total. The summed E-state index contributed by atoms with van der Waals surface area (Å²) in [5.41, 5.74) is 12.1. The fraction of sp³-hybridized carbons (Fsp3) is 0.250. The minimum absolute atomic E-state index is 0.419. The molecule has 0 unspecified atom stereocenters. The lowest BCUT2D eigenvalue weighted by atomic mass is 10.3. The van der Waals surface area contributed by atoms with Crippen LogP contribution >= 0.6 is 0 Å². The molecule has 1 aromatic carbocycles. The Hall–Kier alpha value is -2.40. The Morgan fingerprint density at radius 2 is 1.67 bits per heavy atom. The van der Waals surface area contributed by atoms with Crippen molar-refractivity contribution in [2.75, 3.05) is 32.2 Å². The molecular formula is C16H22N2O3. The van der Waals surface area contributed by atoms with Gasteiger partial charge in [0.05, 0.1) is 13.2 Å². The third-order valence-electron chi connectivity index (χ3n) is 2.37. The van der Waals surface area contributed by atoms with Crippen LogP contribution in [0.5, 0.6) is 5.75 Å². The molecule has 21 heavy (non-hydrogen) atoms. The van der Waals surface area contributed by atoms with Gasteiger partial charge >= 0.3 is 0 Å². The summed E-state index contributed by atoms with van der Waals surface area (Å²) in [5.74, 6) is 1.29. The SMILES string of the molecule is C=C(N)/C=C\C(=C)OCCOCCOc1ccc(N)cc1. The molecule has 0 aliphatic rings. The minimum atomic E-state index is 0.419. The largest absolute Gasteiger partial charge is 0.492 e. The number of anilines is 1. The lowest BCUT2D eigenvalue weighted by Crippen LogP contribution is -2.10. The van der Waals surface area contributed by atoms with Gasteiger partial charge in [0.15, 0.2) is 0 Å². The van der Waals surface area contributed by atoms with Crippen LogP contribution in [0.25, 0.3) is 0 Å². The van der Waals surface area contributed by atoms with E-state index >= 15 is 0 Å². The number of benzene rings is 1. The zero-order chi connectivity index (χ0) is 15.5. The molecule has 1 rings (SSSR count). The van der Waals surface area contributed by atoms with Crippen molar-refractivity contribution in [3.8, 4) is 5.75 Å². The number of rotatable bonds is 10. The lowest BCUT2D eigenvalue weighted by molar-refractivity contribution is 0.0609. The molecule has 0 atom stereocenters. The predicted molar refractivity (Wildman–Crippen MR) is 84.7 cm³/mol. The Morgan fingerprint density at radius 3 is 2.33 bits per heavy atom. The quantitative estimate of drug-likeness (QED) is 0.299. The van der Waals surface area contributed by atoms with E-state index in [1.807, 2.05) is 12.1 Å². The van der Waals surface area contributed by atoms with Crippen molar-refractivity contribution in [2.24, 2.45) is 5.73 Å². The molecule has 0 aromatic heterocycles. The van der Waals surface area contributed by atoms with Gasteiger partial charge in [0.25, 0.3) is 0 Å². The van der Waals surface area contributed by atoms with Crippen LogP contribution in [-0.2, 0) is 9.47 Å². The van der Waals surface area contributed by atoms with Crippen molar-refractivity contribution >= 4 is 5.69 Å². The molecule has 0 fully saturated rings. The number of hydrogen-bond acceptors (Lipinski definition) is 5. The number of hydrogen-bond donors (Lipinski definition) is 2. The summed E-state index contributed by atoms with van der Waals surface area (Å²) in [5, 5.41) is 0. The summed E-state index contributed by atoms with van der Waals surface area (Å²) in [4.78, 5) is 0. The highest BCUT2D eigenvalue weighted by Crippen LogP contribution is 2.12. The molecule has 0 bridgehead atoms. The van der Waals surface area contributed by atoms with Gasteiger partial charge in [-0.1, -0.05) is 13.2 Å². The van der Waals surface area contributed by atoms with Crippen molar-refractivity contribution < 1.29 is 14.2 Å². The fourth-order valence-corrected chi connectivity index (χ4v) is 1.36. The molecule has 0 heterocycles. The molecule has 0 saturated carbocycles. The van der Waals surface area contributed by atoms with Crippen LogP contribution in [-0.4, -0.2) is 26.4 Å². The molecule has 0 spiro atoms. The first kappa shape index (κ1) is 16.7. The van der Waals surface area contributed by atoms with Crippen molar-refractivity contribution in [3.05, 3.63) is 61.0 Å². The summed E-state index contributed by atoms with van der Waals surface area (Å²) < 4.78 is 16.2. The minimum Gasteiger partial charge on any atom is -0.492 e. The Bertz CT molecular complexity index is 481. The van der Waals surface area contributed by atoms with Crippen LogP contribution in [0.4, 0.5) is 5.69 Å². The van der Waals surface area contributed by atoms with E-state index in [9.17, 15) is 0 Å². The molecular weight excluding hydrogens is 268 g/mol. The van der Waals surface area contributed by atoms with Crippen LogP contribution in [0.15, 0.2) is 61.0 Å². The van der Waals surface area contributed by atoms with Crippen molar-refractivity contribution in [3.63, 3.8) is 0 Å². The molecule has 0 radical (unpaired) electrons. The van der Waals surface area contributed by atoms with E-state index in [1.54, 1.807) is 24.3 Å². The summed E-state index contributed by atoms with van der Waals surface area (Å²) in [7, 11) is 0. The number of nitrogen functional groups attached to an aromatic ring is 1. The zero-order valence-electron chi connectivity index (χ0n) is 12.1. The Morgan fingerprint density at radius 1 is 1.00 bits per heavy atom. The summed E-state index contributed by atoms with van der Waals surface area (Å²) in [6.07, 6.45) is 3.29. The lowest BCUT2D eigenvalue weighted by Gasteiger charge is -2.08. The molecule has 5 nitrogen and oxygen atoms in total. The van der Waals surface area contributed by atoms with E-state index in [1.165, 1.54) is 0 Å². The average Bonchev–Trinajstić information content (AvgIpc) is 2.46. The predicted octanol–water partition coefficient (Wildman–Crippen LogP) is 2.22. The zero-order valence-corrected chi connectivity index (χ0v) is 12.1. The van der Waals surface area contributed by atoms with Crippen molar-refractivity contribution in [1.82, 2.24) is 0 Å². The molecule has 5 heteroatoms. The van der Waals surface area contributed by atoms with Crippen LogP contribution in [0.1, 0.15) is 0 Å². The highest BCUT2D eigenvalue weighted by Gasteiger charge is 1.95. The first-order valence-corrected chi connectivity index (χ1v) is 6.58. The molecule has 0 aliphatic heterocycles. The summed E-state index contributed by atoms with van der Waals surface area (Å²) in [6, 6.07) is 7.22. The highest BCUT2D eigenvalue weighted by molar-refractivity contribution is 5.41. The molecule has 1 aromatic rings. The second kappa shape index (κ2) is 9.50. The van der Waals surface area contributed by atoms with E-state index in [2.05, 4.69) is 13.2 Å². The van der Waals surface area contributed by atoms with Gasteiger partial charge in [-0.3, -0.25) is 0 Å². The van der Waals surface area contributed by atoms with Gasteiger partial charge in [-0.15, -0.1) is 0 Å². The third-order valence-corrected chi connectivity index (χ3v) is 2.37. The molecule has 0 aliphatic carbocycles. The maximum atomic E-state index is 5.58. The molecule has 0 amide bonds. The smallest absolute Gasteiger partial charge is 0.119 e. The molecule has 0 saturated heterocycles. The van der Waals surface area contributed by atoms with E-state index in [0.29, 0.717) is 43.6 Å². The van der Waals surface area contributed by atoms with Gasteiger partial charge in [0.1, 0.15) is 24.7 Å². The van der Waals surface area contributed by atoms with Gasteiger partial charge in [-0.25, -0.2) is 0 Å². The monoisotopic (exact) mass is 290 g/mol. The van der Waals surface area contributed by atoms with Crippen LogP contribution < -0.4 is 16.2 Å². The number of ether oxygens (including phenoxy) is 3. The maximum Gasteiger partial charge on any atom is 0.119 e. The Kier molecular flexibility index (Phi) is 7.53. The van der Waals surface area contributed by atoms with E-state index in [-0.39, 0.29) is 0 Å². The number of allylic oxidation sites excluding steroid dienone is 2. The first-order valence-electron chi connectivity index (χ1n) is 6.58. The Labute approximate surface area is 125 Å². The highest BCUT2D eigenvalue weighted by atomic mass is 16.5. The van der Waals surface area contributed by atoms with Crippen molar-refractivity contribution in [1.29, 1.82) is 0 Å². The standard InChI is InChI=1S/C16H22N2O3/c1-13(17)3-4-14(2)20-11-9-19-10-12-21-16-7-5-15(18)6-8-16/h3-8H,1-2,9-12,17-18H2/b4-3-. The second-order valence-electron chi connectivity index (χ2n) is 4.25. The van der Waals surface area contributed by atoms with Crippen molar-refractivity contribution in [2.45, 2.75) is 0 Å². The van der Waals surface area contributed by atoms with E-state index in [4.69, 9.17) is 25.7 Å². The third kappa shape index (κ3) is 8.39. The number of nitrogens with two attached hydrogens (primary N) is 2. The Balaban J connectivity index is 2.01. The van der Waals surface area contributed by atoms with Crippen LogP contribution in [0.2, 0.25) is 0 Å². The maximum absolute atomic E-state index is 5.58. The van der Waals surface area contributed by atoms with E-state index < -0.39 is 0 Å². The summed E-state index contributed by atoms with van der Waals surface area (Å²) >= 11 is 0. The first-order chi connectivity index (χ1) is 10.1. The second-order valence-corrected chi connectivity index (χ2v) is 4.25. The van der Waals surface area contributed by atoms with Gasteiger partial charge in [-0.05, 0) is 36.4 Å². The van der Waals surface area contributed by atoms with Crippen LogP contribution in [0.3, 0.4) is 0 Å². The normalized spacial score (nSPS) is 10.5. The topological polar surface area (TPSA) is 79.7 Å². The van der Waals surface area contributed by atoms with Gasteiger partial charge in [-0.2, -0.15) is 0 Å². The van der Waals surface area contributed by atoms with Gasteiger partial charge in [0.2, 0.25) is 0 Å². The van der Waals surface area contributed by atoms with Crippen LogP contribution in [0, 0.1) is 0 Å². The fourth-order valence-electron chi connectivity index (χ4n) is 1.36. The average molecular weight is 290 g/mol. The molecule has 114 valence electrons. The van der Waals surface area contributed by atoms with E-state index in [0.717, 1.165) is 5.75 Å².